The number of hydrogen-bond donors (Lipinski definition) is 2. The van der Waals surface area contributed by atoms with Gasteiger partial charge in [-0.05, 0) is 48.3 Å². The summed E-state index contributed by atoms with van der Waals surface area (Å²) in [7, 11) is 0. The average Bonchev–Trinajstić information content (AvgIpc) is 2.77. The Morgan fingerprint density at radius 1 is 1.44 bits per heavy atom. The second-order valence-electron chi connectivity index (χ2n) is 5.40. The van der Waals surface area contributed by atoms with Gasteiger partial charge in [-0.3, -0.25) is 4.90 Å². The number of nitrogens with two attached hydrogens (primary N) is 1. The molecular formula is C14H22BrN3. The first-order valence-electron chi connectivity index (χ1n) is 6.53. The summed E-state index contributed by atoms with van der Waals surface area (Å²) >= 11 is 3.58. The van der Waals surface area contributed by atoms with Crippen LogP contribution in [0.5, 0.6) is 0 Å². The molecule has 18 heavy (non-hydrogen) atoms. The van der Waals surface area contributed by atoms with Crippen LogP contribution < -0.4 is 11.1 Å². The van der Waals surface area contributed by atoms with Crippen molar-refractivity contribution in [3.63, 3.8) is 0 Å². The molecule has 2 rings (SSSR count). The van der Waals surface area contributed by atoms with E-state index in [1.807, 2.05) is 12.1 Å². The molecule has 1 saturated heterocycles. The zero-order valence-corrected chi connectivity index (χ0v) is 12.7. The van der Waals surface area contributed by atoms with Gasteiger partial charge in [-0.2, -0.15) is 0 Å². The molecule has 3 N–H and O–H groups in total. The Morgan fingerprint density at radius 2 is 2.17 bits per heavy atom. The standard InChI is InChI=1S/C14H22BrN3/c1-11(2)18-8-7-14(9-16,10-18)17-13-6-4-3-5-12(13)15/h3-6,11,17H,7-10,16H2,1-2H3. The molecule has 1 fully saturated rings. The van der Waals surface area contributed by atoms with Crippen molar-refractivity contribution in [1.82, 2.24) is 4.90 Å². The second-order valence-corrected chi connectivity index (χ2v) is 6.26. The summed E-state index contributed by atoms with van der Waals surface area (Å²) in [5, 5.41) is 3.64. The minimum absolute atomic E-state index is 0.00808. The van der Waals surface area contributed by atoms with Crippen LogP contribution >= 0.6 is 15.9 Å². The van der Waals surface area contributed by atoms with Gasteiger partial charge in [0.25, 0.3) is 0 Å². The van der Waals surface area contributed by atoms with E-state index in [-0.39, 0.29) is 5.54 Å². The Bertz CT molecular complexity index is 408. The van der Waals surface area contributed by atoms with Gasteiger partial charge in [0, 0.05) is 35.8 Å². The number of anilines is 1. The van der Waals surface area contributed by atoms with Crippen molar-refractivity contribution in [3.8, 4) is 0 Å². The van der Waals surface area contributed by atoms with Crippen LogP contribution in [-0.2, 0) is 0 Å². The van der Waals surface area contributed by atoms with E-state index in [0.29, 0.717) is 12.6 Å². The molecule has 1 aliphatic rings. The zero-order chi connectivity index (χ0) is 13.2. The van der Waals surface area contributed by atoms with Crippen molar-refractivity contribution < 1.29 is 0 Å². The highest BCUT2D eigenvalue weighted by Crippen LogP contribution is 2.30. The summed E-state index contributed by atoms with van der Waals surface area (Å²) in [5.74, 6) is 0. The van der Waals surface area contributed by atoms with E-state index in [9.17, 15) is 0 Å². The fourth-order valence-corrected chi connectivity index (χ4v) is 2.90. The van der Waals surface area contributed by atoms with Gasteiger partial charge in [0.15, 0.2) is 0 Å². The molecule has 0 spiro atoms. The topological polar surface area (TPSA) is 41.3 Å². The third-order valence-corrected chi connectivity index (χ3v) is 4.47. The summed E-state index contributed by atoms with van der Waals surface area (Å²) in [6.07, 6.45) is 1.10. The van der Waals surface area contributed by atoms with Crippen LogP contribution in [0.3, 0.4) is 0 Å². The van der Waals surface area contributed by atoms with Gasteiger partial charge in [-0.25, -0.2) is 0 Å². The molecule has 0 bridgehead atoms. The van der Waals surface area contributed by atoms with Crippen molar-refractivity contribution in [1.29, 1.82) is 0 Å². The monoisotopic (exact) mass is 311 g/mol. The van der Waals surface area contributed by atoms with Crippen LogP contribution in [0.1, 0.15) is 20.3 Å². The highest BCUT2D eigenvalue weighted by molar-refractivity contribution is 9.10. The summed E-state index contributed by atoms with van der Waals surface area (Å²) in [6, 6.07) is 8.81. The Labute approximate surface area is 118 Å². The molecule has 0 radical (unpaired) electrons. The van der Waals surface area contributed by atoms with E-state index < -0.39 is 0 Å². The maximum atomic E-state index is 6.02. The van der Waals surface area contributed by atoms with E-state index in [1.165, 1.54) is 0 Å². The second kappa shape index (κ2) is 5.59. The first-order valence-corrected chi connectivity index (χ1v) is 7.32. The predicted molar refractivity (Wildman–Crippen MR) is 80.9 cm³/mol. The SMILES string of the molecule is CC(C)N1CCC(CN)(Nc2ccccc2Br)C1. The molecule has 0 amide bonds. The van der Waals surface area contributed by atoms with Gasteiger partial charge < -0.3 is 11.1 Å². The number of nitrogens with zero attached hydrogens (tertiary/aromatic N) is 1. The fourth-order valence-electron chi connectivity index (χ4n) is 2.51. The lowest BCUT2D eigenvalue weighted by Crippen LogP contribution is -2.48. The van der Waals surface area contributed by atoms with Crippen LogP contribution in [0.15, 0.2) is 28.7 Å². The van der Waals surface area contributed by atoms with E-state index >= 15 is 0 Å². The molecule has 1 unspecified atom stereocenters. The Kier molecular flexibility index (Phi) is 4.30. The lowest BCUT2D eigenvalue weighted by Gasteiger charge is -2.32. The van der Waals surface area contributed by atoms with Crippen LogP contribution in [0.25, 0.3) is 0 Å². The molecule has 100 valence electrons. The molecular weight excluding hydrogens is 290 g/mol. The van der Waals surface area contributed by atoms with Gasteiger partial charge in [0.1, 0.15) is 0 Å². The first kappa shape index (κ1) is 13.8. The summed E-state index contributed by atoms with van der Waals surface area (Å²) in [5.41, 5.74) is 7.17. The van der Waals surface area contributed by atoms with E-state index in [0.717, 1.165) is 29.7 Å². The minimum Gasteiger partial charge on any atom is -0.376 e. The fraction of sp³-hybridized carbons (Fsp3) is 0.571. The molecule has 1 aliphatic heterocycles. The Balaban J connectivity index is 2.13. The number of nitrogens with one attached hydrogen (secondary N) is 1. The summed E-state index contributed by atoms with van der Waals surface area (Å²) in [6.45, 7) is 7.28. The largest absolute Gasteiger partial charge is 0.376 e. The molecule has 1 aromatic carbocycles. The molecule has 4 heteroatoms. The van der Waals surface area contributed by atoms with E-state index in [1.54, 1.807) is 0 Å². The lowest BCUT2D eigenvalue weighted by atomic mass is 9.98. The number of hydrogen-bond acceptors (Lipinski definition) is 3. The smallest absolute Gasteiger partial charge is 0.0634 e. The van der Waals surface area contributed by atoms with Crippen molar-refractivity contribution in [3.05, 3.63) is 28.7 Å². The van der Waals surface area contributed by atoms with Crippen LogP contribution in [0.4, 0.5) is 5.69 Å². The van der Waals surface area contributed by atoms with Crippen molar-refractivity contribution in [2.24, 2.45) is 5.73 Å². The highest BCUT2D eigenvalue weighted by atomic mass is 79.9. The Morgan fingerprint density at radius 3 is 2.72 bits per heavy atom. The third-order valence-electron chi connectivity index (χ3n) is 3.78. The van der Waals surface area contributed by atoms with Gasteiger partial charge in [0.2, 0.25) is 0 Å². The van der Waals surface area contributed by atoms with Gasteiger partial charge in [-0.15, -0.1) is 0 Å². The normalized spacial score (nSPS) is 24.7. The molecule has 0 saturated carbocycles. The number of halogens is 1. The maximum Gasteiger partial charge on any atom is 0.0634 e. The minimum atomic E-state index is 0.00808. The summed E-state index contributed by atoms with van der Waals surface area (Å²) < 4.78 is 1.10. The molecule has 1 atom stereocenters. The molecule has 1 aromatic rings. The maximum absolute atomic E-state index is 6.02. The van der Waals surface area contributed by atoms with Crippen molar-refractivity contribution >= 4 is 21.6 Å². The number of rotatable bonds is 4. The first-order chi connectivity index (χ1) is 8.56. The number of likely N-dealkylation sites (tertiary alicyclic amines) is 1. The van der Waals surface area contributed by atoms with Crippen LogP contribution in [0.2, 0.25) is 0 Å². The van der Waals surface area contributed by atoms with Crippen molar-refractivity contribution in [2.75, 3.05) is 25.0 Å². The Hall–Kier alpha value is -0.580. The van der Waals surface area contributed by atoms with Gasteiger partial charge in [0.05, 0.1) is 5.54 Å². The van der Waals surface area contributed by atoms with E-state index in [4.69, 9.17) is 5.73 Å². The van der Waals surface area contributed by atoms with Crippen LogP contribution in [0, 0.1) is 0 Å². The zero-order valence-electron chi connectivity index (χ0n) is 11.1. The third kappa shape index (κ3) is 2.87. The molecule has 3 nitrogen and oxygen atoms in total. The highest BCUT2D eigenvalue weighted by Gasteiger charge is 2.37. The average molecular weight is 312 g/mol. The predicted octanol–water partition coefficient (Wildman–Crippen LogP) is 2.67. The van der Waals surface area contributed by atoms with Crippen LogP contribution in [-0.4, -0.2) is 36.1 Å². The molecule has 0 aliphatic carbocycles. The number of para-hydroxylation sites is 1. The lowest BCUT2D eigenvalue weighted by molar-refractivity contribution is 0.262. The summed E-state index contributed by atoms with van der Waals surface area (Å²) in [4.78, 5) is 2.48. The van der Waals surface area contributed by atoms with Crippen molar-refractivity contribution in [2.45, 2.75) is 31.8 Å². The quantitative estimate of drug-likeness (QED) is 0.898. The molecule has 0 aromatic heterocycles. The van der Waals surface area contributed by atoms with Gasteiger partial charge >= 0.3 is 0 Å². The van der Waals surface area contributed by atoms with Gasteiger partial charge in [-0.1, -0.05) is 12.1 Å². The number of benzene rings is 1. The molecule has 1 heterocycles. The van der Waals surface area contributed by atoms with E-state index in [2.05, 4.69) is 52.1 Å².